The lowest BCUT2D eigenvalue weighted by Crippen LogP contribution is -2.59. The van der Waals surface area contributed by atoms with Gasteiger partial charge in [-0.1, -0.05) is 17.7 Å². The fraction of sp³-hybridized carbons (Fsp3) is 0.182. The van der Waals surface area contributed by atoms with Gasteiger partial charge < -0.3 is 10.2 Å². The highest BCUT2D eigenvalue weighted by Crippen LogP contribution is 2.32. The van der Waals surface area contributed by atoms with Crippen molar-refractivity contribution in [2.24, 2.45) is 0 Å². The van der Waals surface area contributed by atoms with Crippen molar-refractivity contribution in [2.45, 2.75) is 10.9 Å². The highest BCUT2D eigenvalue weighted by Gasteiger charge is 2.42. The van der Waals surface area contributed by atoms with Gasteiger partial charge in [-0.15, -0.1) is 0 Å². The summed E-state index contributed by atoms with van der Waals surface area (Å²) in [6, 6.07) is 12.3. The van der Waals surface area contributed by atoms with Crippen LogP contribution < -0.4 is 5.32 Å². The van der Waals surface area contributed by atoms with E-state index in [-0.39, 0.29) is 30.4 Å². The lowest BCUT2D eigenvalue weighted by Gasteiger charge is -2.38. The highest BCUT2D eigenvalue weighted by molar-refractivity contribution is 7.89. The van der Waals surface area contributed by atoms with Gasteiger partial charge in [0.1, 0.15) is 6.04 Å². The Balaban J connectivity index is 1.45. The molecule has 1 unspecified atom stereocenters. The number of nitrogens with one attached hydrogen (secondary N) is 1. The average molecular weight is 488 g/mol. The second-order valence-corrected chi connectivity index (χ2v) is 10.7. The fourth-order valence-electron chi connectivity index (χ4n) is 4.01. The largest absolute Gasteiger partial charge is 0.324 e. The quantitative estimate of drug-likeness (QED) is 0.612. The number of carbonyl (C=O) groups excluding carboxylic acids is 2. The number of amides is 2. The number of halogens is 1. The molecule has 3 aromatic rings. The number of fused-ring (bicyclic) bond motifs is 2. The van der Waals surface area contributed by atoms with Gasteiger partial charge in [-0.2, -0.15) is 15.6 Å². The van der Waals surface area contributed by atoms with Crippen LogP contribution in [0.1, 0.15) is 10.4 Å². The van der Waals surface area contributed by atoms with Crippen molar-refractivity contribution in [3.05, 3.63) is 69.9 Å². The predicted octanol–water partition coefficient (Wildman–Crippen LogP) is 3.54. The lowest BCUT2D eigenvalue weighted by atomic mass is 10.0. The molecule has 3 heterocycles. The molecule has 1 aromatic heterocycles. The normalized spacial score (nSPS) is 19.2. The van der Waals surface area contributed by atoms with Crippen LogP contribution in [-0.2, 0) is 14.8 Å². The zero-order valence-corrected chi connectivity index (χ0v) is 19.1. The SMILES string of the molecule is O=C1Nc2ccc(-c3ccsc3)cc2C(=O)N2CCN(S(=O)(=O)c3ccc(Cl)cc3)CC12. The second-order valence-electron chi connectivity index (χ2n) is 7.59. The average Bonchev–Trinajstić information content (AvgIpc) is 3.30. The van der Waals surface area contributed by atoms with Gasteiger partial charge >= 0.3 is 0 Å². The van der Waals surface area contributed by atoms with Crippen molar-refractivity contribution in [1.29, 1.82) is 0 Å². The number of rotatable bonds is 3. The van der Waals surface area contributed by atoms with Crippen LogP contribution >= 0.6 is 22.9 Å². The summed E-state index contributed by atoms with van der Waals surface area (Å²) in [4.78, 5) is 27.9. The summed E-state index contributed by atoms with van der Waals surface area (Å²) in [7, 11) is -3.83. The summed E-state index contributed by atoms with van der Waals surface area (Å²) in [5.74, 6) is -0.694. The van der Waals surface area contributed by atoms with Crippen LogP contribution in [0.3, 0.4) is 0 Å². The fourth-order valence-corrected chi connectivity index (χ4v) is 6.24. The minimum absolute atomic E-state index is 0.0967. The lowest BCUT2D eigenvalue weighted by molar-refractivity contribution is -0.121. The number of benzene rings is 2. The zero-order valence-electron chi connectivity index (χ0n) is 16.7. The number of carbonyl (C=O) groups is 2. The molecule has 0 spiro atoms. The van der Waals surface area contributed by atoms with Gasteiger partial charge in [0.05, 0.1) is 16.1 Å². The number of hydrogen-bond acceptors (Lipinski definition) is 5. The maximum atomic E-state index is 13.4. The zero-order chi connectivity index (χ0) is 22.5. The smallest absolute Gasteiger partial charge is 0.256 e. The second kappa shape index (κ2) is 8.00. The van der Waals surface area contributed by atoms with Gasteiger partial charge in [0.2, 0.25) is 15.9 Å². The summed E-state index contributed by atoms with van der Waals surface area (Å²) in [6.45, 7) is 0.0970. The molecular formula is C22H18ClN3O4S2. The van der Waals surface area contributed by atoms with Crippen LogP contribution in [0.2, 0.25) is 5.02 Å². The van der Waals surface area contributed by atoms with E-state index < -0.39 is 22.0 Å². The van der Waals surface area contributed by atoms with Gasteiger partial charge in [-0.25, -0.2) is 8.42 Å². The Bertz CT molecular complexity index is 1310. The van der Waals surface area contributed by atoms with Crippen LogP contribution in [0.25, 0.3) is 11.1 Å². The molecule has 10 heteroatoms. The molecule has 1 atom stereocenters. The molecule has 7 nitrogen and oxygen atoms in total. The van der Waals surface area contributed by atoms with Crippen molar-refractivity contribution in [3.8, 4) is 11.1 Å². The molecule has 1 N–H and O–H groups in total. The molecule has 2 aliphatic rings. The molecule has 1 fully saturated rings. The molecule has 0 saturated carbocycles. The number of anilines is 1. The van der Waals surface area contributed by atoms with E-state index in [1.807, 2.05) is 22.9 Å². The Hall–Kier alpha value is -2.72. The van der Waals surface area contributed by atoms with Crippen molar-refractivity contribution in [3.63, 3.8) is 0 Å². The molecule has 0 aliphatic carbocycles. The van der Waals surface area contributed by atoms with Gasteiger partial charge in [-0.05, 0) is 64.4 Å². The van der Waals surface area contributed by atoms with Crippen LogP contribution in [0.5, 0.6) is 0 Å². The maximum absolute atomic E-state index is 13.4. The van der Waals surface area contributed by atoms with Crippen LogP contribution in [0.4, 0.5) is 5.69 Å². The van der Waals surface area contributed by atoms with Crippen LogP contribution in [-0.4, -0.2) is 55.1 Å². The molecule has 2 amide bonds. The Kier molecular flexibility index (Phi) is 5.29. The molecule has 0 bridgehead atoms. The van der Waals surface area contributed by atoms with E-state index in [4.69, 9.17) is 11.6 Å². The Morgan fingerprint density at radius 3 is 2.50 bits per heavy atom. The molecule has 2 aliphatic heterocycles. The Labute approximate surface area is 194 Å². The summed E-state index contributed by atoms with van der Waals surface area (Å²) >= 11 is 7.44. The summed E-state index contributed by atoms with van der Waals surface area (Å²) in [5.41, 5.74) is 2.71. The monoisotopic (exact) mass is 487 g/mol. The van der Waals surface area contributed by atoms with E-state index in [9.17, 15) is 18.0 Å². The summed E-state index contributed by atoms with van der Waals surface area (Å²) < 4.78 is 27.4. The molecule has 164 valence electrons. The van der Waals surface area contributed by atoms with E-state index in [2.05, 4.69) is 5.32 Å². The Morgan fingerprint density at radius 1 is 1.00 bits per heavy atom. The molecule has 0 radical (unpaired) electrons. The first-order valence-corrected chi connectivity index (χ1v) is 12.6. The first-order valence-electron chi connectivity index (χ1n) is 9.89. The molecular weight excluding hydrogens is 470 g/mol. The molecule has 2 aromatic carbocycles. The number of sulfonamides is 1. The van der Waals surface area contributed by atoms with Gasteiger partial charge in [0, 0.05) is 24.7 Å². The van der Waals surface area contributed by atoms with Gasteiger partial charge in [0.25, 0.3) is 5.91 Å². The summed E-state index contributed by atoms with van der Waals surface area (Å²) in [6.07, 6.45) is 0. The number of thiophene rings is 1. The van der Waals surface area contributed by atoms with E-state index in [1.165, 1.54) is 33.5 Å². The van der Waals surface area contributed by atoms with Crippen molar-refractivity contribution >= 4 is 50.5 Å². The Morgan fingerprint density at radius 2 is 1.78 bits per heavy atom. The number of piperazine rings is 1. The van der Waals surface area contributed by atoms with Gasteiger partial charge in [-0.3, -0.25) is 9.59 Å². The first-order chi connectivity index (χ1) is 15.3. The highest BCUT2D eigenvalue weighted by atomic mass is 35.5. The first kappa shape index (κ1) is 21.1. The topological polar surface area (TPSA) is 86.8 Å². The van der Waals surface area contributed by atoms with E-state index in [1.54, 1.807) is 23.5 Å². The summed E-state index contributed by atoms with van der Waals surface area (Å²) in [5, 5.41) is 7.19. The maximum Gasteiger partial charge on any atom is 0.256 e. The van der Waals surface area contributed by atoms with Crippen LogP contribution in [0.15, 0.2) is 64.2 Å². The van der Waals surface area contributed by atoms with Gasteiger partial charge in [0.15, 0.2) is 0 Å². The van der Waals surface area contributed by atoms with E-state index in [0.717, 1.165) is 11.1 Å². The van der Waals surface area contributed by atoms with Crippen molar-refractivity contribution in [1.82, 2.24) is 9.21 Å². The third-order valence-electron chi connectivity index (χ3n) is 5.72. The van der Waals surface area contributed by atoms with E-state index in [0.29, 0.717) is 16.3 Å². The molecule has 5 rings (SSSR count). The minimum Gasteiger partial charge on any atom is -0.324 e. The molecule has 32 heavy (non-hydrogen) atoms. The van der Waals surface area contributed by atoms with Crippen LogP contribution in [0, 0.1) is 0 Å². The van der Waals surface area contributed by atoms with E-state index >= 15 is 0 Å². The van der Waals surface area contributed by atoms with Crippen molar-refractivity contribution in [2.75, 3.05) is 25.0 Å². The standard InChI is InChI=1S/C22H18ClN3O4S2/c23-16-2-4-17(5-3-16)32(29,30)25-8-9-26-20(12-25)21(27)24-19-6-1-14(11-18(19)22(26)28)15-7-10-31-13-15/h1-7,10-11,13,20H,8-9,12H2,(H,24,27). The third kappa shape index (κ3) is 3.61. The molecule has 1 saturated heterocycles. The minimum atomic E-state index is -3.83. The number of nitrogens with zero attached hydrogens (tertiary/aromatic N) is 2. The number of hydrogen-bond donors (Lipinski definition) is 1. The predicted molar refractivity (Wildman–Crippen MR) is 123 cm³/mol. The van der Waals surface area contributed by atoms with Crippen molar-refractivity contribution < 1.29 is 18.0 Å². The third-order valence-corrected chi connectivity index (χ3v) is 8.53.